The number of benzene rings is 1. The third-order valence-corrected chi connectivity index (χ3v) is 6.26. The van der Waals surface area contributed by atoms with Gasteiger partial charge in [0.25, 0.3) is 0 Å². The van der Waals surface area contributed by atoms with Gasteiger partial charge in [-0.1, -0.05) is 45.9 Å². The molecule has 0 aliphatic carbocycles. The van der Waals surface area contributed by atoms with Gasteiger partial charge in [-0.2, -0.15) is 0 Å². The lowest BCUT2D eigenvalue weighted by molar-refractivity contribution is -0.120. The second-order valence-electron chi connectivity index (χ2n) is 7.04. The minimum Gasteiger partial charge on any atom is -0.325 e. The summed E-state index contributed by atoms with van der Waals surface area (Å²) in [5.41, 5.74) is 3.18. The second-order valence-corrected chi connectivity index (χ2v) is 9.34. The van der Waals surface area contributed by atoms with Crippen LogP contribution in [0.1, 0.15) is 63.5 Å². The van der Waals surface area contributed by atoms with Crippen LogP contribution >= 0.6 is 0 Å². The molecule has 23 heavy (non-hydrogen) atoms. The average molecular weight is 337 g/mol. The summed E-state index contributed by atoms with van der Waals surface area (Å²) in [6.45, 7) is 8.45. The van der Waals surface area contributed by atoms with Gasteiger partial charge in [0.15, 0.2) is 0 Å². The van der Waals surface area contributed by atoms with Crippen LogP contribution in [0.15, 0.2) is 18.2 Å². The van der Waals surface area contributed by atoms with E-state index in [2.05, 4.69) is 45.1 Å². The molecule has 0 radical (unpaired) electrons. The van der Waals surface area contributed by atoms with Gasteiger partial charge in [0.2, 0.25) is 5.91 Å². The number of carbonyl (C=O) groups is 1. The largest absolute Gasteiger partial charge is 0.325 e. The highest BCUT2D eigenvalue weighted by molar-refractivity contribution is 7.91. The maximum atomic E-state index is 12.6. The second kappa shape index (κ2) is 7.04. The van der Waals surface area contributed by atoms with E-state index in [1.54, 1.807) is 0 Å². The molecular formula is C18H27NO3S. The van der Waals surface area contributed by atoms with E-state index >= 15 is 0 Å². The minimum atomic E-state index is -2.95. The highest BCUT2D eigenvalue weighted by Gasteiger charge is 2.29. The van der Waals surface area contributed by atoms with Crippen molar-refractivity contribution in [2.75, 3.05) is 16.8 Å². The molecule has 1 fully saturated rings. The summed E-state index contributed by atoms with van der Waals surface area (Å²) >= 11 is 0. The van der Waals surface area contributed by atoms with Gasteiger partial charge >= 0.3 is 0 Å². The van der Waals surface area contributed by atoms with Crippen molar-refractivity contribution in [2.24, 2.45) is 5.92 Å². The van der Waals surface area contributed by atoms with Gasteiger partial charge < -0.3 is 5.32 Å². The molecule has 0 unspecified atom stereocenters. The summed E-state index contributed by atoms with van der Waals surface area (Å²) in [6.07, 6.45) is 0.851. The Morgan fingerprint density at radius 3 is 1.96 bits per heavy atom. The highest BCUT2D eigenvalue weighted by Crippen LogP contribution is 2.33. The number of nitrogens with one attached hydrogen (secondary N) is 1. The van der Waals surface area contributed by atoms with Gasteiger partial charge in [-0.3, -0.25) is 4.79 Å². The molecule has 0 aromatic heterocycles. The van der Waals surface area contributed by atoms with E-state index in [4.69, 9.17) is 0 Å². The molecule has 1 amide bonds. The molecule has 1 N–H and O–H groups in total. The molecule has 5 heteroatoms. The summed E-state index contributed by atoms with van der Waals surface area (Å²) in [5, 5.41) is 3.11. The zero-order valence-corrected chi connectivity index (χ0v) is 15.2. The quantitative estimate of drug-likeness (QED) is 0.911. The zero-order chi connectivity index (χ0) is 17.2. The molecular weight excluding hydrogens is 310 g/mol. The van der Waals surface area contributed by atoms with Crippen molar-refractivity contribution in [3.63, 3.8) is 0 Å². The van der Waals surface area contributed by atoms with Crippen molar-refractivity contribution in [3.05, 3.63) is 29.3 Å². The topological polar surface area (TPSA) is 63.2 Å². The predicted molar refractivity (Wildman–Crippen MR) is 94.6 cm³/mol. The summed E-state index contributed by atoms with van der Waals surface area (Å²) in [5.74, 6) is 0.613. The number of carbonyl (C=O) groups excluding carboxylic acids is 1. The fourth-order valence-corrected chi connectivity index (χ4v) is 4.56. The monoisotopic (exact) mass is 337 g/mol. The van der Waals surface area contributed by atoms with Crippen LogP contribution in [0.3, 0.4) is 0 Å². The molecule has 1 heterocycles. The van der Waals surface area contributed by atoms with Crippen molar-refractivity contribution in [2.45, 2.75) is 52.4 Å². The standard InChI is InChI=1S/C18H27NO3S/c1-12(2)15-6-5-7-16(13(3)4)17(15)19-18(20)14-8-10-23(21,22)11-9-14/h5-7,12-14H,8-11H2,1-4H3,(H,19,20). The number of sulfone groups is 1. The van der Waals surface area contributed by atoms with Crippen LogP contribution in [-0.2, 0) is 14.6 Å². The first-order valence-electron chi connectivity index (χ1n) is 8.35. The average Bonchev–Trinajstić information content (AvgIpc) is 2.46. The number of para-hydroxylation sites is 1. The number of hydrogen-bond donors (Lipinski definition) is 1. The van der Waals surface area contributed by atoms with E-state index in [9.17, 15) is 13.2 Å². The van der Waals surface area contributed by atoms with Gasteiger partial charge in [0.05, 0.1) is 11.5 Å². The third kappa shape index (κ3) is 4.34. The molecule has 1 aliphatic rings. The molecule has 1 saturated heterocycles. The van der Waals surface area contributed by atoms with E-state index in [1.807, 2.05) is 6.07 Å². The van der Waals surface area contributed by atoms with Gasteiger partial charge in [0, 0.05) is 11.6 Å². The lowest BCUT2D eigenvalue weighted by atomic mass is 9.92. The molecule has 128 valence electrons. The molecule has 0 atom stereocenters. The van der Waals surface area contributed by atoms with Gasteiger partial charge in [0.1, 0.15) is 9.84 Å². The lowest BCUT2D eigenvalue weighted by Crippen LogP contribution is -2.32. The van der Waals surface area contributed by atoms with Crippen molar-refractivity contribution < 1.29 is 13.2 Å². The highest BCUT2D eigenvalue weighted by atomic mass is 32.2. The third-order valence-electron chi connectivity index (χ3n) is 4.55. The smallest absolute Gasteiger partial charge is 0.227 e. The first-order chi connectivity index (χ1) is 10.7. The van der Waals surface area contributed by atoms with E-state index < -0.39 is 9.84 Å². The molecule has 4 nitrogen and oxygen atoms in total. The Balaban J connectivity index is 2.23. The van der Waals surface area contributed by atoms with Crippen LogP contribution in [0.25, 0.3) is 0 Å². The van der Waals surface area contributed by atoms with Crippen molar-refractivity contribution in [1.29, 1.82) is 0 Å². The van der Waals surface area contributed by atoms with Crippen molar-refractivity contribution in [3.8, 4) is 0 Å². The van der Waals surface area contributed by atoms with Crippen molar-refractivity contribution in [1.82, 2.24) is 0 Å². The zero-order valence-electron chi connectivity index (χ0n) is 14.4. The Bertz CT molecular complexity index is 637. The Hall–Kier alpha value is -1.36. The lowest BCUT2D eigenvalue weighted by Gasteiger charge is -2.24. The first kappa shape index (κ1) is 18.0. The normalized spacial score (nSPS) is 18.3. The Morgan fingerprint density at radius 1 is 1.04 bits per heavy atom. The summed E-state index contributed by atoms with van der Waals surface area (Å²) in [6, 6.07) is 6.14. The van der Waals surface area contributed by atoms with Crippen LogP contribution in [0.2, 0.25) is 0 Å². The molecule has 1 aromatic carbocycles. The van der Waals surface area contributed by atoms with Crippen LogP contribution < -0.4 is 5.32 Å². The molecule has 1 aliphatic heterocycles. The minimum absolute atomic E-state index is 0.0464. The fourth-order valence-electron chi connectivity index (χ4n) is 3.07. The van der Waals surface area contributed by atoms with E-state index in [1.165, 1.54) is 0 Å². The van der Waals surface area contributed by atoms with Gasteiger partial charge in [-0.25, -0.2) is 8.42 Å². The summed E-state index contributed by atoms with van der Waals surface area (Å²) < 4.78 is 23.1. The summed E-state index contributed by atoms with van der Waals surface area (Å²) in [7, 11) is -2.95. The molecule has 2 rings (SSSR count). The van der Waals surface area contributed by atoms with Gasteiger partial charge in [-0.05, 0) is 35.8 Å². The summed E-state index contributed by atoms with van der Waals surface area (Å²) in [4.78, 5) is 12.6. The Kier molecular flexibility index (Phi) is 5.50. The Morgan fingerprint density at radius 2 is 1.52 bits per heavy atom. The van der Waals surface area contributed by atoms with Crippen LogP contribution in [0.4, 0.5) is 5.69 Å². The number of anilines is 1. The van der Waals surface area contributed by atoms with Crippen LogP contribution in [0, 0.1) is 5.92 Å². The fraction of sp³-hybridized carbons (Fsp3) is 0.611. The van der Waals surface area contributed by atoms with Crippen molar-refractivity contribution >= 4 is 21.4 Å². The van der Waals surface area contributed by atoms with E-state index in [0.717, 1.165) is 16.8 Å². The Labute approximate surface area is 139 Å². The van der Waals surface area contributed by atoms with E-state index in [-0.39, 0.29) is 23.3 Å². The molecule has 0 saturated carbocycles. The molecule has 1 aromatic rings. The van der Waals surface area contributed by atoms with Crippen LogP contribution in [-0.4, -0.2) is 25.8 Å². The van der Waals surface area contributed by atoms with Crippen LogP contribution in [0.5, 0.6) is 0 Å². The van der Waals surface area contributed by atoms with E-state index in [0.29, 0.717) is 24.7 Å². The predicted octanol–water partition coefficient (Wildman–Crippen LogP) is 3.70. The number of hydrogen-bond acceptors (Lipinski definition) is 3. The number of amides is 1. The maximum Gasteiger partial charge on any atom is 0.227 e. The number of rotatable bonds is 4. The molecule has 0 bridgehead atoms. The molecule has 0 spiro atoms. The first-order valence-corrected chi connectivity index (χ1v) is 10.2. The maximum absolute atomic E-state index is 12.6. The van der Waals surface area contributed by atoms with Gasteiger partial charge in [-0.15, -0.1) is 0 Å². The SMILES string of the molecule is CC(C)c1cccc(C(C)C)c1NC(=O)C1CCS(=O)(=O)CC1.